The Kier molecular flexibility index (Phi) is 5.11. The number of hydrogen-bond donors (Lipinski definition) is 2. The maximum absolute atomic E-state index is 12.4. The van der Waals surface area contributed by atoms with Gasteiger partial charge in [0.25, 0.3) is 5.91 Å². The van der Waals surface area contributed by atoms with Gasteiger partial charge in [-0.3, -0.25) is 14.8 Å². The van der Waals surface area contributed by atoms with Crippen LogP contribution in [0.15, 0.2) is 4.47 Å². The lowest BCUT2D eigenvalue weighted by atomic mass is 9.95. The Balaban J connectivity index is 1.67. The SMILES string of the molecule is Cc1[nH]nc(C(=O)NCC2(N3CCOCC3)CCSC2)c1Br. The first-order valence-corrected chi connectivity index (χ1v) is 9.46. The minimum absolute atomic E-state index is 0.0575. The van der Waals surface area contributed by atoms with Gasteiger partial charge in [-0.1, -0.05) is 0 Å². The highest BCUT2D eigenvalue weighted by molar-refractivity contribution is 9.10. The zero-order valence-corrected chi connectivity index (χ0v) is 15.1. The van der Waals surface area contributed by atoms with Crippen molar-refractivity contribution in [3.05, 3.63) is 15.9 Å². The second-order valence-corrected chi connectivity index (χ2v) is 7.72. The quantitative estimate of drug-likeness (QED) is 0.815. The van der Waals surface area contributed by atoms with Crippen LogP contribution in [0.25, 0.3) is 0 Å². The van der Waals surface area contributed by atoms with Crippen molar-refractivity contribution >= 4 is 33.6 Å². The molecule has 22 heavy (non-hydrogen) atoms. The van der Waals surface area contributed by atoms with Crippen molar-refractivity contribution in [2.75, 3.05) is 44.4 Å². The third kappa shape index (κ3) is 3.20. The summed E-state index contributed by atoms with van der Waals surface area (Å²) in [5, 5.41) is 9.99. The largest absolute Gasteiger partial charge is 0.379 e. The monoisotopic (exact) mass is 388 g/mol. The van der Waals surface area contributed by atoms with Crippen LogP contribution in [0.1, 0.15) is 22.6 Å². The molecule has 0 saturated carbocycles. The van der Waals surface area contributed by atoms with E-state index >= 15 is 0 Å². The summed E-state index contributed by atoms with van der Waals surface area (Å²) < 4.78 is 6.20. The van der Waals surface area contributed by atoms with Crippen molar-refractivity contribution in [3.8, 4) is 0 Å². The number of aryl methyl sites for hydroxylation is 1. The lowest BCUT2D eigenvalue weighted by molar-refractivity contribution is -0.0129. The highest BCUT2D eigenvalue weighted by Crippen LogP contribution is 2.33. The minimum atomic E-state index is -0.124. The lowest BCUT2D eigenvalue weighted by Gasteiger charge is -2.43. The highest BCUT2D eigenvalue weighted by Gasteiger charge is 2.41. The molecule has 2 fully saturated rings. The molecule has 1 aromatic heterocycles. The number of hydrogen-bond acceptors (Lipinski definition) is 5. The summed E-state index contributed by atoms with van der Waals surface area (Å²) in [7, 11) is 0. The number of nitrogens with one attached hydrogen (secondary N) is 2. The van der Waals surface area contributed by atoms with Gasteiger partial charge < -0.3 is 10.1 Å². The van der Waals surface area contributed by atoms with Crippen LogP contribution in [0.4, 0.5) is 0 Å². The number of morpholine rings is 1. The second kappa shape index (κ2) is 6.90. The molecule has 1 atom stereocenters. The fourth-order valence-corrected chi connectivity index (χ4v) is 4.86. The molecule has 2 N–H and O–H groups in total. The van der Waals surface area contributed by atoms with Gasteiger partial charge in [-0.25, -0.2) is 0 Å². The van der Waals surface area contributed by atoms with Crippen molar-refractivity contribution < 1.29 is 9.53 Å². The number of amides is 1. The summed E-state index contributed by atoms with van der Waals surface area (Å²) >= 11 is 5.37. The maximum Gasteiger partial charge on any atom is 0.273 e. The van der Waals surface area contributed by atoms with Crippen LogP contribution >= 0.6 is 27.7 Å². The molecule has 1 amide bonds. The number of nitrogens with zero attached hydrogens (tertiary/aromatic N) is 2. The van der Waals surface area contributed by atoms with Gasteiger partial charge in [0.15, 0.2) is 5.69 Å². The molecular formula is C14H21BrN4O2S. The molecule has 0 bridgehead atoms. The molecule has 2 saturated heterocycles. The molecule has 1 unspecified atom stereocenters. The minimum Gasteiger partial charge on any atom is -0.379 e. The molecule has 2 aliphatic rings. The Morgan fingerprint density at radius 2 is 2.32 bits per heavy atom. The first-order chi connectivity index (χ1) is 10.6. The summed E-state index contributed by atoms with van der Waals surface area (Å²) in [4.78, 5) is 14.9. The van der Waals surface area contributed by atoms with E-state index in [1.807, 2.05) is 18.7 Å². The molecule has 3 rings (SSSR count). The predicted molar refractivity (Wildman–Crippen MR) is 90.4 cm³/mol. The maximum atomic E-state index is 12.4. The molecule has 0 aromatic carbocycles. The summed E-state index contributed by atoms with van der Waals surface area (Å²) in [6.45, 7) is 6.01. The average molecular weight is 389 g/mol. The number of rotatable bonds is 4. The van der Waals surface area contributed by atoms with Crippen molar-refractivity contribution in [2.45, 2.75) is 18.9 Å². The Labute approximate surface area is 142 Å². The van der Waals surface area contributed by atoms with Crippen LogP contribution in [0.2, 0.25) is 0 Å². The van der Waals surface area contributed by atoms with E-state index in [9.17, 15) is 4.79 Å². The van der Waals surface area contributed by atoms with Gasteiger partial charge in [0.05, 0.1) is 17.7 Å². The molecule has 6 nitrogen and oxygen atoms in total. The fraction of sp³-hybridized carbons (Fsp3) is 0.714. The highest BCUT2D eigenvalue weighted by atomic mass is 79.9. The zero-order valence-electron chi connectivity index (χ0n) is 12.7. The molecule has 122 valence electrons. The van der Waals surface area contributed by atoms with E-state index < -0.39 is 0 Å². The normalized spacial score (nSPS) is 26.3. The third-order valence-corrected chi connectivity index (χ3v) is 6.63. The van der Waals surface area contributed by atoms with Crippen LogP contribution < -0.4 is 5.32 Å². The number of thioether (sulfide) groups is 1. The molecule has 0 radical (unpaired) electrons. The molecular weight excluding hydrogens is 368 g/mol. The van der Waals surface area contributed by atoms with Crippen molar-refractivity contribution in [3.63, 3.8) is 0 Å². The number of carbonyl (C=O) groups excluding carboxylic acids is 1. The number of ether oxygens (including phenoxy) is 1. The van der Waals surface area contributed by atoms with Gasteiger partial charge in [-0.15, -0.1) is 0 Å². The number of aromatic nitrogens is 2. The van der Waals surface area contributed by atoms with E-state index in [1.54, 1.807) is 0 Å². The van der Waals surface area contributed by atoms with Crippen LogP contribution in [0.3, 0.4) is 0 Å². The molecule has 8 heteroatoms. The first kappa shape index (κ1) is 16.3. The molecule has 0 spiro atoms. The Morgan fingerprint density at radius 1 is 1.55 bits per heavy atom. The van der Waals surface area contributed by atoms with E-state index in [0.717, 1.165) is 54.4 Å². The number of carbonyl (C=O) groups is 1. The zero-order chi connectivity index (χ0) is 15.6. The van der Waals surface area contributed by atoms with E-state index in [2.05, 4.69) is 36.3 Å². The Morgan fingerprint density at radius 3 is 2.91 bits per heavy atom. The second-order valence-electron chi connectivity index (χ2n) is 5.82. The van der Waals surface area contributed by atoms with Gasteiger partial charge in [0, 0.05) is 36.6 Å². The summed E-state index contributed by atoms with van der Waals surface area (Å²) in [6, 6.07) is 0. The van der Waals surface area contributed by atoms with Crippen molar-refractivity contribution in [2.24, 2.45) is 0 Å². The fourth-order valence-electron chi connectivity index (χ4n) is 3.03. The van der Waals surface area contributed by atoms with Gasteiger partial charge in [-0.2, -0.15) is 16.9 Å². The van der Waals surface area contributed by atoms with Crippen LogP contribution in [0, 0.1) is 6.92 Å². The van der Waals surface area contributed by atoms with Gasteiger partial charge in [0.2, 0.25) is 0 Å². The number of halogens is 1. The molecule has 0 aliphatic carbocycles. The molecule has 2 aliphatic heterocycles. The molecule has 3 heterocycles. The summed E-state index contributed by atoms with van der Waals surface area (Å²) in [5.74, 6) is 2.09. The van der Waals surface area contributed by atoms with Crippen molar-refractivity contribution in [1.29, 1.82) is 0 Å². The van der Waals surface area contributed by atoms with Crippen LogP contribution in [0.5, 0.6) is 0 Å². The van der Waals surface area contributed by atoms with Gasteiger partial charge >= 0.3 is 0 Å². The van der Waals surface area contributed by atoms with Gasteiger partial charge in [0.1, 0.15) is 0 Å². The van der Waals surface area contributed by atoms with Crippen molar-refractivity contribution in [1.82, 2.24) is 20.4 Å². The predicted octanol–water partition coefficient (Wildman–Crippen LogP) is 1.42. The number of H-pyrrole nitrogens is 1. The smallest absolute Gasteiger partial charge is 0.273 e. The Bertz CT molecular complexity index is 539. The van der Waals surface area contributed by atoms with Crippen LogP contribution in [-0.4, -0.2) is 70.9 Å². The van der Waals surface area contributed by atoms with Crippen LogP contribution in [-0.2, 0) is 4.74 Å². The van der Waals surface area contributed by atoms with Gasteiger partial charge in [-0.05, 0) is 35.0 Å². The van der Waals surface area contributed by atoms with E-state index in [0.29, 0.717) is 12.2 Å². The first-order valence-electron chi connectivity index (χ1n) is 7.52. The topological polar surface area (TPSA) is 70.2 Å². The summed E-state index contributed by atoms with van der Waals surface area (Å²) in [5.41, 5.74) is 1.35. The third-order valence-electron chi connectivity index (χ3n) is 4.43. The number of aromatic amines is 1. The van der Waals surface area contributed by atoms with E-state index in [-0.39, 0.29) is 11.4 Å². The lowest BCUT2D eigenvalue weighted by Crippen LogP contribution is -2.59. The summed E-state index contributed by atoms with van der Waals surface area (Å²) in [6.07, 6.45) is 1.11. The average Bonchev–Trinajstić information content (AvgIpc) is 3.15. The van der Waals surface area contributed by atoms with E-state index in [1.165, 1.54) is 0 Å². The van der Waals surface area contributed by atoms with E-state index in [4.69, 9.17) is 4.74 Å². The molecule has 1 aromatic rings. The standard InChI is InChI=1S/C14H21BrN4O2S/c1-10-11(15)12(18-17-10)13(20)16-8-14(2-7-22-9-14)19-3-5-21-6-4-19/h2-9H2,1H3,(H,16,20)(H,17,18). The Hall–Kier alpha value is -0.570.